The van der Waals surface area contributed by atoms with Gasteiger partial charge in [0.15, 0.2) is 5.82 Å². The van der Waals surface area contributed by atoms with Gasteiger partial charge in [-0.25, -0.2) is 9.97 Å². The number of para-hydroxylation sites is 3. The number of fused-ring (bicyclic) bond motifs is 19. The Bertz CT molecular complexity index is 7650. The van der Waals surface area contributed by atoms with Gasteiger partial charge in [-0.3, -0.25) is 0 Å². The van der Waals surface area contributed by atoms with Crippen LogP contribution in [0, 0.1) is 0 Å². The fourth-order valence-electron chi connectivity index (χ4n) is 17.0. The van der Waals surface area contributed by atoms with Crippen LogP contribution in [0.1, 0.15) is 0 Å². The van der Waals surface area contributed by atoms with E-state index >= 15 is 0 Å². The molecular weight excluding hydrogens is 1340 g/mol. The zero-order valence-corrected chi connectivity index (χ0v) is 59.3. The molecule has 7 heterocycles. The smallest absolute Gasteiger partial charge is 0.160 e. The molecule has 8 heteroatoms. The molecule has 23 rings (SSSR count). The van der Waals surface area contributed by atoms with Crippen molar-refractivity contribution in [2.75, 3.05) is 0 Å². The van der Waals surface area contributed by atoms with Crippen LogP contribution in [0.5, 0.6) is 0 Å². The Morgan fingerprint density at radius 1 is 0.179 bits per heavy atom. The number of thiophene rings is 3. The molecule has 0 spiro atoms. The third kappa shape index (κ3) is 9.25. The van der Waals surface area contributed by atoms with Crippen LogP contribution in [0.15, 0.2) is 346 Å². The minimum atomic E-state index is 0.657. The molecule has 0 aliphatic carbocycles. The molecule has 0 aliphatic rings. The standard InChI is InChI=1S/C98H57N5S3/c1-7-22-85-71(16-1)77-51-61(64-36-47-94-80(54-64)74-19-4-10-25-91(74)104-94)33-44-88(77)101(85)68-39-28-58(29-40-68)60-32-43-84-83(57-60)97(59-30-41-69(42-31-59)102-86-23-8-2-17-72(86)78-52-62(34-45-89(78)102)65-37-48-95-81(55-65)75-20-5-11-26-92(75)105-95)100-98(99-84)67-14-13-15-70(50-67)103-87-24-9-3-18-73(87)79-53-63(35-46-90(79)103)66-38-49-96-82(56-66)76-21-6-12-27-93(76)106-96/h1-57H. The van der Waals surface area contributed by atoms with Crippen molar-refractivity contribution in [3.05, 3.63) is 346 Å². The summed E-state index contributed by atoms with van der Waals surface area (Å²) in [7, 11) is 0. The van der Waals surface area contributed by atoms with E-state index in [9.17, 15) is 0 Å². The average Bonchev–Trinajstić information content (AvgIpc) is 1.64. The van der Waals surface area contributed by atoms with Crippen molar-refractivity contribution in [3.63, 3.8) is 0 Å². The maximum Gasteiger partial charge on any atom is 0.160 e. The summed E-state index contributed by atoms with van der Waals surface area (Å²) in [4.78, 5) is 11.2. The van der Waals surface area contributed by atoms with Gasteiger partial charge in [-0.15, -0.1) is 34.0 Å². The summed E-state index contributed by atoms with van der Waals surface area (Å²) in [5, 5.41) is 16.1. The van der Waals surface area contributed by atoms with Crippen LogP contribution in [-0.4, -0.2) is 23.7 Å². The molecule has 5 nitrogen and oxygen atoms in total. The van der Waals surface area contributed by atoms with Gasteiger partial charge in [0.2, 0.25) is 0 Å². The molecule has 0 bridgehead atoms. The molecule has 0 amide bonds. The number of nitrogens with zero attached hydrogens (tertiary/aromatic N) is 5. The Morgan fingerprint density at radius 2 is 0.500 bits per heavy atom. The minimum absolute atomic E-state index is 0.657. The summed E-state index contributed by atoms with van der Waals surface area (Å²) < 4.78 is 15.1. The summed E-state index contributed by atoms with van der Waals surface area (Å²) >= 11 is 5.58. The fraction of sp³-hybridized carbons (Fsp3) is 0. The second kappa shape index (κ2) is 23.2. The van der Waals surface area contributed by atoms with Crippen molar-refractivity contribution in [2.24, 2.45) is 0 Å². The van der Waals surface area contributed by atoms with E-state index in [0.717, 1.165) is 78.0 Å². The van der Waals surface area contributed by atoms with Gasteiger partial charge in [-0.2, -0.15) is 0 Å². The predicted molar refractivity (Wildman–Crippen MR) is 454 cm³/mol. The van der Waals surface area contributed by atoms with E-state index in [0.29, 0.717) is 5.82 Å². The monoisotopic (exact) mass is 1400 g/mol. The number of rotatable bonds is 9. The highest BCUT2D eigenvalue weighted by atomic mass is 32.1. The van der Waals surface area contributed by atoms with E-state index in [4.69, 9.17) is 9.97 Å². The van der Waals surface area contributed by atoms with Gasteiger partial charge >= 0.3 is 0 Å². The third-order valence-electron chi connectivity index (χ3n) is 22.1. The van der Waals surface area contributed by atoms with Gasteiger partial charge in [0.25, 0.3) is 0 Å². The highest BCUT2D eigenvalue weighted by Gasteiger charge is 2.22. The molecule has 0 aliphatic heterocycles. The van der Waals surface area contributed by atoms with E-state index in [1.165, 1.54) is 137 Å². The van der Waals surface area contributed by atoms with Crippen molar-refractivity contribution in [3.8, 4) is 84.2 Å². The molecule has 7 aromatic heterocycles. The second-order valence-electron chi connectivity index (χ2n) is 28.0. The zero-order valence-electron chi connectivity index (χ0n) is 56.9. The Morgan fingerprint density at radius 3 is 0.943 bits per heavy atom. The molecule has 492 valence electrons. The van der Waals surface area contributed by atoms with Crippen LogP contribution in [0.25, 0.3) is 221 Å². The van der Waals surface area contributed by atoms with Crippen molar-refractivity contribution in [1.29, 1.82) is 0 Å². The maximum atomic E-state index is 5.69. The van der Waals surface area contributed by atoms with Crippen molar-refractivity contribution in [2.45, 2.75) is 0 Å². The Hall–Kier alpha value is -13.1. The van der Waals surface area contributed by atoms with Gasteiger partial charge in [-0.1, -0.05) is 188 Å². The van der Waals surface area contributed by atoms with Crippen LogP contribution in [0.4, 0.5) is 0 Å². The third-order valence-corrected chi connectivity index (χ3v) is 25.5. The van der Waals surface area contributed by atoms with Gasteiger partial charge in [0, 0.05) is 126 Å². The highest BCUT2D eigenvalue weighted by molar-refractivity contribution is 7.26. The lowest BCUT2D eigenvalue weighted by atomic mass is 9.99. The highest BCUT2D eigenvalue weighted by Crippen LogP contribution is 2.45. The molecule has 0 atom stereocenters. The van der Waals surface area contributed by atoms with E-state index in [2.05, 4.69) is 359 Å². The Kier molecular flexibility index (Phi) is 13.0. The first kappa shape index (κ1) is 59.4. The Labute approximate surface area is 619 Å². The fourth-order valence-corrected chi connectivity index (χ4v) is 20.3. The molecule has 0 N–H and O–H groups in total. The largest absolute Gasteiger partial charge is 0.309 e. The lowest BCUT2D eigenvalue weighted by molar-refractivity contribution is 1.17. The SMILES string of the molecule is c1cc(-c2nc(-c3ccc(-n4c5ccccc5c5cc(-c6ccc7sc8ccccc8c7c6)ccc54)cc3)c3cc(-c4ccc(-n5c6ccccc6c6cc(-c7ccc8sc9ccccc9c8c7)ccc65)cc4)ccc3n2)cc(-n2c3ccccc3c3cc(-c4ccc5sc6ccccc6c5c4)ccc32)c1. The second-order valence-corrected chi connectivity index (χ2v) is 31.2. The molecule has 0 radical (unpaired) electrons. The predicted octanol–water partition coefficient (Wildman–Crippen LogP) is 28.0. The molecule has 106 heavy (non-hydrogen) atoms. The van der Waals surface area contributed by atoms with Crippen molar-refractivity contribution >= 4 is 171 Å². The van der Waals surface area contributed by atoms with Crippen LogP contribution in [0.2, 0.25) is 0 Å². The first-order valence-electron chi connectivity index (χ1n) is 36.0. The summed E-state index contributed by atoms with van der Waals surface area (Å²) in [6.07, 6.45) is 0. The zero-order chi connectivity index (χ0) is 69.2. The lowest BCUT2D eigenvalue weighted by Crippen LogP contribution is -1.99. The van der Waals surface area contributed by atoms with E-state index in [1.54, 1.807) is 0 Å². The normalized spacial score (nSPS) is 12.2. The number of aromatic nitrogens is 5. The van der Waals surface area contributed by atoms with Crippen LogP contribution < -0.4 is 0 Å². The minimum Gasteiger partial charge on any atom is -0.309 e. The van der Waals surface area contributed by atoms with Crippen LogP contribution in [0.3, 0.4) is 0 Å². The molecule has 23 aromatic rings. The summed E-state index contributed by atoms with van der Waals surface area (Å²) in [5.74, 6) is 0.657. The first-order valence-corrected chi connectivity index (χ1v) is 38.4. The van der Waals surface area contributed by atoms with Crippen molar-refractivity contribution in [1.82, 2.24) is 23.7 Å². The lowest BCUT2D eigenvalue weighted by Gasteiger charge is -2.14. The average molecular weight is 1400 g/mol. The van der Waals surface area contributed by atoms with E-state index in [-0.39, 0.29) is 0 Å². The van der Waals surface area contributed by atoms with Gasteiger partial charge in [-0.05, 0) is 202 Å². The molecule has 16 aromatic carbocycles. The molecule has 0 saturated carbocycles. The maximum absolute atomic E-state index is 5.69. The summed E-state index contributed by atoms with van der Waals surface area (Å²) in [6.45, 7) is 0. The van der Waals surface area contributed by atoms with Crippen LogP contribution >= 0.6 is 34.0 Å². The topological polar surface area (TPSA) is 40.6 Å². The summed E-state index contributed by atoms with van der Waals surface area (Å²) in [6, 6.07) is 128. The van der Waals surface area contributed by atoms with E-state index in [1.807, 2.05) is 34.0 Å². The number of hydrogen-bond donors (Lipinski definition) is 0. The molecule has 0 saturated heterocycles. The first-order chi connectivity index (χ1) is 52.5. The molecular formula is C98H57N5S3. The molecule has 0 fully saturated rings. The Balaban J connectivity index is 0.636. The van der Waals surface area contributed by atoms with Gasteiger partial charge in [0.05, 0.1) is 44.3 Å². The molecule has 0 unspecified atom stereocenters. The van der Waals surface area contributed by atoms with Gasteiger partial charge < -0.3 is 13.7 Å². The van der Waals surface area contributed by atoms with Crippen molar-refractivity contribution < 1.29 is 0 Å². The summed E-state index contributed by atoms with van der Waals surface area (Å²) in [5.41, 5.74) is 23.3. The van der Waals surface area contributed by atoms with E-state index < -0.39 is 0 Å². The quantitative estimate of drug-likeness (QED) is 0.144. The van der Waals surface area contributed by atoms with Gasteiger partial charge in [0.1, 0.15) is 0 Å². The van der Waals surface area contributed by atoms with Crippen LogP contribution in [-0.2, 0) is 0 Å². The number of hydrogen-bond acceptors (Lipinski definition) is 5. The number of benzene rings is 16.